The van der Waals surface area contributed by atoms with Gasteiger partial charge in [0.2, 0.25) is 0 Å². The summed E-state index contributed by atoms with van der Waals surface area (Å²) in [5.74, 6) is 0.769. The molecule has 1 aliphatic rings. The second kappa shape index (κ2) is 6.62. The molecule has 78 valence electrons. The summed E-state index contributed by atoms with van der Waals surface area (Å²) in [6.45, 7) is 4.38. The van der Waals surface area contributed by atoms with Gasteiger partial charge in [-0.1, -0.05) is 38.2 Å². The minimum absolute atomic E-state index is 0.0242. The maximum atomic E-state index is 8.94. The van der Waals surface area contributed by atoms with Crippen LogP contribution in [0.2, 0.25) is 0 Å². The number of rotatable bonds is 5. The summed E-state index contributed by atoms with van der Waals surface area (Å²) in [6.07, 6.45) is 9.54. The maximum Gasteiger partial charge on any atom is 0.0958 e. The van der Waals surface area contributed by atoms with Gasteiger partial charge in [-0.25, -0.2) is 0 Å². The molecule has 1 N–H and O–H groups in total. The molecule has 0 aromatic heterocycles. The van der Waals surface area contributed by atoms with Crippen LogP contribution < -0.4 is 5.32 Å². The van der Waals surface area contributed by atoms with Crippen LogP contribution in [0.3, 0.4) is 0 Å². The minimum Gasteiger partial charge on any atom is -0.298 e. The number of nitrogens with zero attached hydrogens (tertiary/aromatic N) is 1. The van der Waals surface area contributed by atoms with E-state index in [1.807, 2.05) is 6.08 Å². The third-order valence-corrected chi connectivity index (χ3v) is 2.96. The molecule has 1 saturated carbocycles. The van der Waals surface area contributed by atoms with Crippen LogP contribution in [0, 0.1) is 17.2 Å². The van der Waals surface area contributed by atoms with E-state index in [2.05, 4.69) is 18.0 Å². The Morgan fingerprint density at radius 2 is 2.14 bits per heavy atom. The van der Waals surface area contributed by atoms with E-state index in [1.54, 1.807) is 0 Å². The molecule has 1 fully saturated rings. The zero-order chi connectivity index (χ0) is 10.2. The predicted octanol–water partition coefficient (Wildman–Crippen LogP) is 2.62. The van der Waals surface area contributed by atoms with Crippen molar-refractivity contribution >= 4 is 0 Å². The Balaban J connectivity index is 2.24. The van der Waals surface area contributed by atoms with Crippen molar-refractivity contribution in [1.29, 1.82) is 5.26 Å². The SMILES string of the molecule is C=CCNC(C#N)CC1CCCCC1. The molecular formula is C12H20N2. The molecule has 0 bridgehead atoms. The predicted molar refractivity (Wildman–Crippen MR) is 58.8 cm³/mol. The van der Waals surface area contributed by atoms with Crippen LogP contribution in [-0.2, 0) is 0 Å². The molecule has 0 aromatic rings. The monoisotopic (exact) mass is 192 g/mol. The number of hydrogen-bond donors (Lipinski definition) is 1. The molecule has 1 rings (SSSR count). The van der Waals surface area contributed by atoms with Gasteiger partial charge in [-0.15, -0.1) is 6.58 Å². The van der Waals surface area contributed by atoms with Gasteiger partial charge in [0.05, 0.1) is 12.1 Å². The third kappa shape index (κ3) is 3.93. The second-order valence-corrected chi connectivity index (χ2v) is 4.12. The molecule has 2 nitrogen and oxygen atoms in total. The van der Waals surface area contributed by atoms with E-state index in [0.29, 0.717) is 0 Å². The first kappa shape index (κ1) is 11.3. The standard InChI is InChI=1S/C12H20N2/c1-2-8-14-12(10-13)9-11-6-4-3-5-7-11/h2,11-12,14H,1,3-9H2. The van der Waals surface area contributed by atoms with Crippen molar-refractivity contribution < 1.29 is 0 Å². The number of nitrogens with one attached hydrogen (secondary N) is 1. The summed E-state index contributed by atoms with van der Waals surface area (Å²) < 4.78 is 0. The summed E-state index contributed by atoms with van der Waals surface area (Å²) >= 11 is 0. The van der Waals surface area contributed by atoms with E-state index in [9.17, 15) is 0 Å². The summed E-state index contributed by atoms with van der Waals surface area (Å²) in [5, 5.41) is 12.1. The second-order valence-electron chi connectivity index (χ2n) is 4.12. The van der Waals surface area contributed by atoms with Crippen LogP contribution in [0.4, 0.5) is 0 Å². The van der Waals surface area contributed by atoms with Crippen LogP contribution >= 0.6 is 0 Å². The summed E-state index contributed by atoms with van der Waals surface area (Å²) in [6, 6.07) is 2.35. The van der Waals surface area contributed by atoms with Gasteiger partial charge in [-0.05, 0) is 12.3 Å². The fraction of sp³-hybridized carbons (Fsp3) is 0.750. The van der Waals surface area contributed by atoms with Gasteiger partial charge >= 0.3 is 0 Å². The first-order valence-electron chi connectivity index (χ1n) is 5.60. The Kier molecular flexibility index (Phi) is 5.32. The first-order valence-corrected chi connectivity index (χ1v) is 5.60. The van der Waals surface area contributed by atoms with Gasteiger partial charge < -0.3 is 0 Å². The molecule has 1 atom stereocenters. The Bertz CT molecular complexity index is 199. The normalized spacial score (nSPS) is 19.9. The largest absolute Gasteiger partial charge is 0.298 e. The molecule has 0 radical (unpaired) electrons. The highest BCUT2D eigenvalue weighted by Crippen LogP contribution is 2.27. The van der Waals surface area contributed by atoms with Gasteiger partial charge in [0.15, 0.2) is 0 Å². The lowest BCUT2D eigenvalue weighted by Crippen LogP contribution is -2.30. The highest BCUT2D eigenvalue weighted by molar-refractivity contribution is 4.93. The smallest absolute Gasteiger partial charge is 0.0958 e. The molecule has 0 aromatic carbocycles. The van der Waals surface area contributed by atoms with Crippen molar-refractivity contribution in [2.75, 3.05) is 6.54 Å². The van der Waals surface area contributed by atoms with Gasteiger partial charge in [0.1, 0.15) is 0 Å². The van der Waals surface area contributed by atoms with E-state index in [-0.39, 0.29) is 6.04 Å². The highest BCUT2D eigenvalue weighted by atomic mass is 14.9. The molecule has 0 heterocycles. The third-order valence-electron chi connectivity index (χ3n) is 2.96. The van der Waals surface area contributed by atoms with Gasteiger partial charge in [-0.2, -0.15) is 5.26 Å². The Morgan fingerprint density at radius 3 is 2.71 bits per heavy atom. The van der Waals surface area contributed by atoms with Crippen molar-refractivity contribution in [3.05, 3.63) is 12.7 Å². The van der Waals surface area contributed by atoms with Crippen molar-refractivity contribution in [2.45, 2.75) is 44.6 Å². The van der Waals surface area contributed by atoms with E-state index in [4.69, 9.17) is 5.26 Å². The summed E-state index contributed by atoms with van der Waals surface area (Å²) in [5.41, 5.74) is 0. The van der Waals surface area contributed by atoms with Crippen LogP contribution in [-0.4, -0.2) is 12.6 Å². The van der Waals surface area contributed by atoms with E-state index in [1.165, 1.54) is 32.1 Å². The molecule has 0 aliphatic heterocycles. The molecule has 14 heavy (non-hydrogen) atoms. The van der Waals surface area contributed by atoms with E-state index < -0.39 is 0 Å². The lowest BCUT2D eigenvalue weighted by Gasteiger charge is -2.23. The molecule has 0 amide bonds. The minimum atomic E-state index is 0.0242. The molecule has 0 saturated heterocycles. The Morgan fingerprint density at radius 1 is 1.43 bits per heavy atom. The van der Waals surface area contributed by atoms with E-state index in [0.717, 1.165) is 18.9 Å². The van der Waals surface area contributed by atoms with Crippen LogP contribution in [0.25, 0.3) is 0 Å². The van der Waals surface area contributed by atoms with Crippen molar-refractivity contribution in [2.24, 2.45) is 5.92 Å². The van der Waals surface area contributed by atoms with Crippen LogP contribution in [0.1, 0.15) is 38.5 Å². The molecular weight excluding hydrogens is 172 g/mol. The van der Waals surface area contributed by atoms with Crippen molar-refractivity contribution in [3.63, 3.8) is 0 Å². The average Bonchev–Trinajstić information content (AvgIpc) is 2.25. The molecule has 2 heteroatoms. The quantitative estimate of drug-likeness (QED) is 0.680. The van der Waals surface area contributed by atoms with Gasteiger partial charge in [-0.3, -0.25) is 5.32 Å². The van der Waals surface area contributed by atoms with Crippen molar-refractivity contribution in [1.82, 2.24) is 5.32 Å². The lowest BCUT2D eigenvalue weighted by molar-refractivity contribution is 0.319. The number of hydrogen-bond acceptors (Lipinski definition) is 2. The molecule has 0 spiro atoms. The summed E-state index contributed by atoms with van der Waals surface area (Å²) in [4.78, 5) is 0. The fourth-order valence-corrected chi connectivity index (χ4v) is 2.16. The van der Waals surface area contributed by atoms with Crippen molar-refractivity contribution in [3.8, 4) is 6.07 Å². The van der Waals surface area contributed by atoms with Gasteiger partial charge in [0, 0.05) is 6.54 Å². The fourth-order valence-electron chi connectivity index (χ4n) is 2.16. The first-order chi connectivity index (χ1) is 6.86. The maximum absolute atomic E-state index is 8.94. The zero-order valence-electron chi connectivity index (χ0n) is 8.84. The van der Waals surface area contributed by atoms with E-state index >= 15 is 0 Å². The lowest BCUT2D eigenvalue weighted by atomic mass is 9.85. The number of nitriles is 1. The zero-order valence-corrected chi connectivity index (χ0v) is 8.84. The van der Waals surface area contributed by atoms with Crippen LogP contribution in [0.15, 0.2) is 12.7 Å². The summed E-state index contributed by atoms with van der Waals surface area (Å²) in [7, 11) is 0. The highest BCUT2D eigenvalue weighted by Gasteiger charge is 2.17. The Labute approximate surface area is 87.0 Å². The topological polar surface area (TPSA) is 35.8 Å². The van der Waals surface area contributed by atoms with Crippen LogP contribution in [0.5, 0.6) is 0 Å². The Hall–Kier alpha value is -0.810. The molecule has 1 unspecified atom stereocenters. The molecule has 1 aliphatic carbocycles. The average molecular weight is 192 g/mol. The van der Waals surface area contributed by atoms with Gasteiger partial charge in [0.25, 0.3) is 0 Å².